The Morgan fingerprint density at radius 3 is 2.37 bits per heavy atom. The van der Waals surface area contributed by atoms with Crippen LogP contribution in [-0.4, -0.2) is 101 Å². The van der Waals surface area contributed by atoms with Crippen LogP contribution in [0, 0.1) is 0 Å². The van der Waals surface area contributed by atoms with E-state index in [2.05, 4.69) is 43.2 Å². The number of hydrogen-bond donors (Lipinski definition) is 4. The van der Waals surface area contributed by atoms with Crippen molar-refractivity contribution in [2.45, 2.75) is 50.2 Å². The summed E-state index contributed by atoms with van der Waals surface area (Å²) in [6.45, 7) is 3.99. The van der Waals surface area contributed by atoms with E-state index in [0.717, 1.165) is 66.8 Å². The molecule has 1 atom stereocenters. The Kier molecular flexibility index (Phi) is 9.78. The molecule has 0 radical (unpaired) electrons. The number of H-pyrrole nitrogens is 1. The van der Waals surface area contributed by atoms with Gasteiger partial charge >= 0.3 is 0 Å². The van der Waals surface area contributed by atoms with Crippen molar-refractivity contribution in [3.63, 3.8) is 0 Å². The van der Waals surface area contributed by atoms with E-state index in [1.165, 1.54) is 10.1 Å². The normalized spacial score (nSPS) is 18.8. The molecule has 4 aromatic rings. The fourth-order valence-electron chi connectivity index (χ4n) is 7.42. The molecule has 4 N–H and O–H groups in total. The number of carbonyl (C=O) groups is 3. The molecule has 3 amide bonds. The smallest absolute Gasteiger partial charge is 0.276 e. The summed E-state index contributed by atoms with van der Waals surface area (Å²) in [4.78, 5) is 53.4. The van der Waals surface area contributed by atoms with Crippen LogP contribution in [0.1, 0.15) is 42.7 Å². The Balaban J connectivity index is 0.876. The molecule has 0 bridgehead atoms. The lowest BCUT2D eigenvalue weighted by Crippen LogP contribution is -2.59. The molecule has 1 unspecified atom stereocenters. The van der Waals surface area contributed by atoms with E-state index in [4.69, 9.17) is 9.47 Å². The number of benzene rings is 2. The number of rotatable bonds is 11. The molecule has 0 saturated carbocycles. The van der Waals surface area contributed by atoms with Crippen LogP contribution in [0.3, 0.4) is 0 Å². The number of imide groups is 1. The first kappa shape index (κ1) is 34.2. The molecule has 51 heavy (non-hydrogen) atoms. The van der Waals surface area contributed by atoms with E-state index < -0.39 is 6.04 Å². The van der Waals surface area contributed by atoms with Gasteiger partial charge in [0.2, 0.25) is 17.7 Å². The summed E-state index contributed by atoms with van der Waals surface area (Å²) >= 11 is 0. The van der Waals surface area contributed by atoms with E-state index in [-0.39, 0.29) is 29.3 Å². The molecule has 14 nitrogen and oxygen atoms in total. The predicted octanol–water partition coefficient (Wildman–Crippen LogP) is 2.34. The summed E-state index contributed by atoms with van der Waals surface area (Å²) in [5, 5.41) is 16.7. The maximum atomic E-state index is 13.1. The lowest BCUT2D eigenvalue weighted by atomic mass is 9.89. The quantitative estimate of drug-likeness (QED) is 0.171. The number of fused-ring (bicyclic) bond motifs is 1. The van der Waals surface area contributed by atoms with Crippen LogP contribution in [0.5, 0.6) is 11.5 Å². The van der Waals surface area contributed by atoms with E-state index in [0.29, 0.717) is 48.9 Å². The van der Waals surface area contributed by atoms with Gasteiger partial charge in [0, 0.05) is 75.1 Å². The molecule has 0 spiro atoms. The molecule has 3 aliphatic heterocycles. The largest absolute Gasteiger partial charge is 0.496 e. The Morgan fingerprint density at radius 1 is 1.00 bits per heavy atom. The highest BCUT2D eigenvalue weighted by Crippen LogP contribution is 2.38. The number of amides is 3. The van der Waals surface area contributed by atoms with Crippen LogP contribution < -0.4 is 31.0 Å². The zero-order valence-corrected chi connectivity index (χ0v) is 29.2. The van der Waals surface area contributed by atoms with Crippen molar-refractivity contribution < 1.29 is 23.9 Å². The van der Waals surface area contributed by atoms with E-state index in [1.807, 2.05) is 29.2 Å². The average molecular weight is 697 g/mol. The maximum Gasteiger partial charge on any atom is 0.276 e. The van der Waals surface area contributed by atoms with E-state index in [9.17, 15) is 19.2 Å². The zero-order valence-electron chi connectivity index (χ0n) is 29.2. The second-order valence-electron chi connectivity index (χ2n) is 13.7. The third kappa shape index (κ3) is 7.19. The molecule has 0 aliphatic carbocycles. The number of methoxy groups -OCH3 is 2. The summed E-state index contributed by atoms with van der Waals surface area (Å²) in [5.41, 5.74) is 5.04. The summed E-state index contributed by atoms with van der Waals surface area (Å²) in [7, 11) is 5.00. The van der Waals surface area contributed by atoms with Crippen molar-refractivity contribution in [3.05, 3.63) is 70.3 Å². The molecule has 268 valence electrons. The molecular weight excluding hydrogens is 652 g/mol. The minimum atomic E-state index is -0.403. The number of piperidine rings is 2. The number of hydrogen-bond acceptors (Lipinski definition) is 10. The zero-order chi connectivity index (χ0) is 35.6. The van der Waals surface area contributed by atoms with Crippen molar-refractivity contribution in [2.75, 3.05) is 52.3 Å². The molecule has 14 heteroatoms. The summed E-state index contributed by atoms with van der Waals surface area (Å²) in [5.74, 6) is 1.40. The van der Waals surface area contributed by atoms with Crippen LogP contribution in [0.25, 0.3) is 22.0 Å². The van der Waals surface area contributed by atoms with Gasteiger partial charge in [-0.15, -0.1) is 0 Å². The van der Waals surface area contributed by atoms with Gasteiger partial charge in [-0.3, -0.25) is 34.5 Å². The number of pyridine rings is 1. The average Bonchev–Trinajstić information content (AvgIpc) is 3.62. The van der Waals surface area contributed by atoms with Gasteiger partial charge < -0.3 is 29.6 Å². The number of carbonyl (C=O) groups excluding carboxylic acids is 3. The fraction of sp³-hybridized carbons (Fsp3) is 0.432. The Hall–Kier alpha value is -5.21. The summed E-state index contributed by atoms with van der Waals surface area (Å²) in [6.07, 6.45) is 6.10. The van der Waals surface area contributed by atoms with Gasteiger partial charge in [-0.2, -0.15) is 5.10 Å². The van der Waals surface area contributed by atoms with Crippen LogP contribution in [-0.2, 0) is 28.0 Å². The van der Waals surface area contributed by atoms with Gasteiger partial charge in [0.05, 0.1) is 32.5 Å². The van der Waals surface area contributed by atoms with Crippen molar-refractivity contribution in [2.24, 2.45) is 7.05 Å². The van der Waals surface area contributed by atoms with Crippen LogP contribution in [0.2, 0.25) is 0 Å². The van der Waals surface area contributed by atoms with Crippen molar-refractivity contribution in [1.82, 2.24) is 35.2 Å². The number of nitrogens with one attached hydrogen (secondary N) is 4. The molecule has 3 saturated heterocycles. The Bertz CT molecular complexity index is 1970. The first-order valence-corrected chi connectivity index (χ1v) is 17.4. The van der Waals surface area contributed by atoms with Gasteiger partial charge in [0.25, 0.3) is 5.56 Å². The van der Waals surface area contributed by atoms with Crippen LogP contribution >= 0.6 is 0 Å². The fourth-order valence-corrected chi connectivity index (χ4v) is 7.42. The highest BCUT2D eigenvalue weighted by atomic mass is 16.5. The van der Waals surface area contributed by atoms with Gasteiger partial charge in [0.15, 0.2) is 0 Å². The van der Waals surface area contributed by atoms with Gasteiger partial charge in [0.1, 0.15) is 23.1 Å². The maximum absolute atomic E-state index is 13.1. The second-order valence-corrected chi connectivity index (χ2v) is 13.7. The summed E-state index contributed by atoms with van der Waals surface area (Å²) in [6, 6.07) is 11.9. The molecule has 2 aromatic carbocycles. The second kappa shape index (κ2) is 14.6. The lowest BCUT2D eigenvalue weighted by Gasteiger charge is -2.40. The number of aromatic amines is 1. The topological polar surface area (TPSA) is 163 Å². The summed E-state index contributed by atoms with van der Waals surface area (Å²) < 4.78 is 13.2. The number of anilines is 1. The van der Waals surface area contributed by atoms with Gasteiger partial charge in [-0.25, -0.2) is 0 Å². The standard InChI is InChI=1S/C37H44N8O6/c1-43-20-28(27-16-39-42-35(27)37(43)49)24-14-31(50-2)29(32(15-24)51-3)21-44-18-26(19-44)38-17-34(47)45-12-10-23(11-13-45)22-4-6-25(7-5-22)40-30-8-9-33(46)41-36(30)48/h4-7,14-16,20,23,26,30,38,40H,8-13,17-19,21H2,1-3H3,(H,39,42)(H,41,46,48). The minimum Gasteiger partial charge on any atom is -0.496 e. The van der Waals surface area contributed by atoms with Gasteiger partial charge in [-0.05, 0) is 60.6 Å². The first-order chi connectivity index (χ1) is 24.7. The number of aromatic nitrogens is 3. The predicted molar refractivity (Wildman–Crippen MR) is 192 cm³/mol. The van der Waals surface area contributed by atoms with Crippen LogP contribution in [0.15, 0.2) is 53.6 Å². The number of likely N-dealkylation sites (tertiary alicyclic amines) is 2. The number of nitrogens with zero attached hydrogens (tertiary/aromatic N) is 4. The molecule has 3 aliphatic rings. The number of ether oxygens (including phenoxy) is 2. The number of aryl methyl sites for hydroxylation is 1. The van der Waals surface area contributed by atoms with E-state index in [1.54, 1.807) is 33.7 Å². The molecule has 2 aromatic heterocycles. The van der Waals surface area contributed by atoms with Crippen molar-refractivity contribution >= 4 is 34.3 Å². The third-order valence-corrected chi connectivity index (χ3v) is 10.4. The van der Waals surface area contributed by atoms with Crippen molar-refractivity contribution in [3.8, 4) is 22.6 Å². The highest BCUT2D eigenvalue weighted by Gasteiger charge is 2.31. The molecular formula is C37H44N8O6. The third-order valence-electron chi connectivity index (χ3n) is 10.4. The first-order valence-electron chi connectivity index (χ1n) is 17.4. The minimum absolute atomic E-state index is 0.125. The molecule has 5 heterocycles. The highest BCUT2D eigenvalue weighted by molar-refractivity contribution is 6.01. The molecule has 7 rings (SSSR count). The Labute approximate surface area is 295 Å². The van der Waals surface area contributed by atoms with Crippen molar-refractivity contribution in [1.29, 1.82) is 0 Å². The SMILES string of the molecule is COc1cc(-c2cn(C)c(=O)c3[nH]ncc23)cc(OC)c1CN1CC(NCC(=O)N2CCC(c3ccc(NC4CCC(=O)NC4=O)cc3)CC2)C1. The van der Waals surface area contributed by atoms with E-state index >= 15 is 0 Å². The van der Waals surface area contributed by atoms with Crippen LogP contribution in [0.4, 0.5) is 5.69 Å². The molecule has 3 fully saturated rings. The Morgan fingerprint density at radius 2 is 1.71 bits per heavy atom. The lowest BCUT2D eigenvalue weighted by molar-refractivity contribution is -0.134. The van der Waals surface area contributed by atoms with Gasteiger partial charge in [-0.1, -0.05) is 12.1 Å². The monoisotopic (exact) mass is 696 g/mol.